The number of nitrogens with one attached hydrogen (secondary N) is 1. The Labute approximate surface area is 143 Å². The zero-order valence-corrected chi connectivity index (χ0v) is 13.7. The highest BCUT2D eigenvalue weighted by atomic mass is 32.1. The van der Waals surface area contributed by atoms with Crippen LogP contribution in [0.15, 0.2) is 48.5 Å². The highest BCUT2D eigenvalue weighted by molar-refractivity contribution is 7.71. The van der Waals surface area contributed by atoms with Crippen LogP contribution in [-0.2, 0) is 17.6 Å². The summed E-state index contributed by atoms with van der Waals surface area (Å²) in [5, 5.41) is 19.0. The van der Waals surface area contributed by atoms with Crippen LogP contribution in [0.1, 0.15) is 16.7 Å². The van der Waals surface area contributed by atoms with E-state index in [1.807, 2.05) is 48.5 Å². The van der Waals surface area contributed by atoms with Crippen LogP contribution in [0.25, 0.3) is 5.69 Å². The fourth-order valence-corrected chi connectivity index (χ4v) is 2.65. The normalized spacial score (nSPS) is 10.7. The lowest BCUT2D eigenvalue weighted by Crippen LogP contribution is -2.07. The first kappa shape index (κ1) is 16.2. The van der Waals surface area contributed by atoms with Gasteiger partial charge < -0.3 is 5.11 Å². The quantitative estimate of drug-likeness (QED) is 0.671. The second kappa shape index (κ2) is 7.29. The van der Waals surface area contributed by atoms with Crippen molar-refractivity contribution in [3.05, 3.63) is 70.0 Å². The summed E-state index contributed by atoms with van der Waals surface area (Å²) in [6.45, 7) is -0.417. The van der Waals surface area contributed by atoms with Crippen LogP contribution in [-0.4, -0.2) is 37.7 Å². The fraction of sp³-hybridized carbons (Fsp3) is 0.176. The molecule has 0 fully saturated rings. The van der Waals surface area contributed by atoms with Gasteiger partial charge in [0.05, 0.1) is 5.69 Å². The molecule has 1 heterocycles. The molecule has 3 aromatic rings. The van der Waals surface area contributed by atoms with E-state index in [0.717, 1.165) is 28.8 Å². The van der Waals surface area contributed by atoms with E-state index in [9.17, 15) is 4.79 Å². The van der Waals surface area contributed by atoms with E-state index in [1.54, 1.807) is 4.68 Å². The van der Waals surface area contributed by atoms with Gasteiger partial charge in [0.15, 0.2) is 5.78 Å². The van der Waals surface area contributed by atoms with Gasteiger partial charge in [-0.15, -0.1) is 0 Å². The number of aliphatic hydroxyl groups is 1. The maximum Gasteiger partial charge on any atom is 0.242 e. The Hall–Kier alpha value is -2.64. The third-order valence-electron chi connectivity index (χ3n) is 3.65. The van der Waals surface area contributed by atoms with Gasteiger partial charge in [-0.05, 0) is 47.5 Å². The van der Waals surface area contributed by atoms with E-state index < -0.39 is 6.61 Å². The summed E-state index contributed by atoms with van der Waals surface area (Å²) in [5.41, 5.74) is 4.05. The number of aromatic nitrogens is 4. The molecule has 1 aromatic heterocycles. The largest absolute Gasteiger partial charge is 0.389 e. The molecule has 0 bridgehead atoms. The molecule has 3 rings (SSSR count). The number of Topliss-reactive ketones (excluding diaryl/α,β-unsaturated/α-hetero) is 1. The Morgan fingerprint density at radius 3 is 2.54 bits per heavy atom. The summed E-state index contributed by atoms with van der Waals surface area (Å²) < 4.78 is 2.02. The Morgan fingerprint density at radius 1 is 1.12 bits per heavy atom. The standard InChI is InChI=1S/C17H16N4O2S/c22-11-16(23)10-13-6-4-12(5-7-13)8-14-2-1-3-15(9-14)21-17(24)18-19-20-21/h1-7,9,22H,8,10-11H2,(H,18,20,24). The number of H-pyrrole nitrogens is 1. The van der Waals surface area contributed by atoms with Crippen LogP contribution in [0.2, 0.25) is 0 Å². The number of aliphatic hydroxyl groups excluding tert-OH is 1. The summed E-state index contributed by atoms with van der Waals surface area (Å²) in [5.74, 6) is -0.180. The van der Waals surface area contributed by atoms with Crippen LogP contribution < -0.4 is 0 Å². The smallest absolute Gasteiger partial charge is 0.242 e. The van der Waals surface area contributed by atoms with E-state index in [1.165, 1.54) is 0 Å². The Bertz CT molecular complexity index is 899. The average Bonchev–Trinajstić information content (AvgIpc) is 3.03. The second-order valence-corrected chi connectivity index (χ2v) is 5.82. The van der Waals surface area contributed by atoms with Gasteiger partial charge in [-0.2, -0.15) is 5.21 Å². The highest BCUT2D eigenvalue weighted by Crippen LogP contribution is 2.15. The number of rotatable bonds is 6. The van der Waals surface area contributed by atoms with Crippen molar-refractivity contribution in [3.63, 3.8) is 0 Å². The molecule has 2 N–H and O–H groups in total. The van der Waals surface area contributed by atoms with Crippen LogP contribution in [0.4, 0.5) is 0 Å². The Balaban J connectivity index is 1.76. The first-order valence-corrected chi connectivity index (χ1v) is 7.86. The van der Waals surface area contributed by atoms with E-state index in [2.05, 4.69) is 15.5 Å². The van der Waals surface area contributed by atoms with Crippen LogP contribution >= 0.6 is 12.2 Å². The molecule has 0 radical (unpaired) electrons. The molecule has 0 unspecified atom stereocenters. The minimum absolute atomic E-state index is 0.180. The molecule has 2 aromatic carbocycles. The first-order valence-electron chi connectivity index (χ1n) is 7.45. The molecule has 0 atom stereocenters. The second-order valence-electron chi connectivity index (χ2n) is 5.45. The predicted molar refractivity (Wildman–Crippen MR) is 91.6 cm³/mol. The van der Waals surface area contributed by atoms with Crippen molar-refractivity contribution in [1.29, 1.82) is 0 Å². The minimum atomic E-state index is -0.417. The van der Waals surface area contributed by atoms with E-state index in [0.29, 0.717) is 4.77 Å². The molecule has 0 aliphatic rings. The number of aromatic amines is 1. The molecule has 122 valence electrons. The van der Waals surface area contributed by atoms with Crippen molar-refractivity contribution in [2.24, 2.45) is 0 Å². The van der Waals surface area contributed by atoms with Gasteiger partial charge in [0.1, 0.15) is 6.61 Å². The first-order chi connectivity index (χ1) is 11.7. The lowest BCUT2D eigenvalue weighted by Gasteiger charge is -2.07. The average molecular weight is 340 g/mol. The van der Waals surface area contributed by atoms with E-state index >= 15 is 0 Å². The molecule has 0 saturated carbocycles. The SMILES string of the molecule is O=C(CO)Cc1ccc(Cc2cccc(-n3[nH]nnc3=S)c2)cc1. The molecule has 7 heteroatoms. The molecule has 0 saturated heterocycles. The predicted octanol–water partition coefficient (Wildman–Crippen LogP) is 2.02. The maximum atomic E-state index is 11.3. The molecule has 0 spiro atoms. The van der Waals surface area contributed by atoms with Crippen LogP contribution in [0.5, 0.6) is 0 Å². The fourth-order valence-electron chi connectivity index (χ4n) is 2.47. The molecular formula is C17H16N4O2S. The lowest BCUT2D eigenvalue weighted by molar-refractivity contribution is -0.121. The van der Waals surface area contributed by atoms with Crippen molar-refractivity contribution in [2.45, 2.75) is 12.8 Å². The molecular weight excluding hydrogens is 324 g/mol. The number of tetrazole rings is 1. The van der Waals surface area contributed by atoms with Crippen LogP contribution in [0.3, 0.4) is 0 Å². The highest BCUT2D eigenvalue weighted by Gasteiger charge is 2.04. The van der Waals surface area contributed by atoms with Gasteiger partial charge in [-0.3, -0.25) is 4.79 Å². The molecule has 0 amide bonds. The van der Waals surface area contributed by atoms with E-state index in [4.69, 9.17) is 17.3 Å². The number of carbonyl (C=O) groups is 1. The Kier molecular flexibility index (Phi) is 4.93. The van der Waals surface area contributed by atoms with Gasteiger partial charge in [0.25, 0.3) is 0 Å². The van der Waals surface area contributed by atoms with Gasteiger partial charge in [0.2, 0.25) is 4.77 Å². The van der Waals surface area contributed by atoms with Crippen molar-refractivity contribution < 1.29 is 9.90 Å². The van der Waals surface area contributed by atoms with Crippen LogP contribution in [0, 0.1) is 4.77 Å². The number of carbonyl (C=O) groups excluding carboxylic acids is 1. The minimum Gasteiger partial charge on any atom is -0.389 e. The Morgan fingerprint density at radius 2 is 1.88 bits per heavy atom. The zero-order valence-electron chi connectivity index (χ0n) is 12.8. The topological polar surface area (TPSA) is 83.8 Å². The van der Waals surface area contributed by atoms with Crippen molar-refractivity contribution in [2.75, 3.05) is 6.61 Å². The van der Waals surface area contributed by atoms with Crippen molar-refractivity contribution in [3.8, 4) is 5.69 Å². The summed E-state index contributed by atoms with van der Waals surface area (Å²) in [6.07, 6.45) is 1.02. The summed E-state index contributed by atoms with van der Waals surface area (Å²) in [7, 11) is 0. The molecule has 0 aliphatic carbocycles. The molecule has 6 nitrogen and oxygen atoms in total. The number of nitrogens with zero attached hydrogens (tertiary/aromatic N) is 3. The van der Waals surface area contributed by atoms with Crippen molar-refractivity contribution in [1.82, 2.24) is 20.2 Å². The number of hydrogen-bond donors (Lipinski definition) is 2. The van der Waals surface area contributed by atoms with Gasteiger partial charge >= 0.3 is 0 Å². The number of benzene rings is 2. The lowest BCUT2D eigenvalue weighted by atomic mass is 10.0. The van der Waals surface area contributed by atoms with Crippen molar-refractivity contribution >= 4 is 18.0 Å². The van der Waals surface area contributed by atoms with Gasteiger partial charge in [-0.1, -0.05) is 46.7 Å². The number of ketones is 1. The molecule has 24 heavy (non-hydrogen) atoms. The third kappa shape index (κ3) is 3.81. The summed E-state index contributed by atoms with van der Waals surface area (Å²) in [4.78, 5) is 11.3. The monoisotopic (exact) mass is 340 g/mol. The zero-order chi connectivity index (χ0) is 16.9. The van der Waals surface area contributed by atoms with Gasteiger partial charge in [0, 0.05) is 6.42 Å². The van der Waals surface area contributed by atoms with E-state index in [-0.39, 0.29) is 12.2 Å². The number of hydrogen-bond acceptors (Lipinski definition) is 5. The molecule has 0 aliphatic heterocycles. The third-order valence-corrected chi connectivity index (χ3v) is 3.91. The maximum absolute atomic E-state index is 11.3. The van der Waals surface area contributed by atoms with Gasteiger partial charge in [-0.25, -0.2) is 4.68 Å². The summed E-state index contributed by atoms with van der Waals surface area (Å²) in [6, 6.07) is 15.8. The summed E-state index contributed by atoms with van der Waals surface area (Å²) >= 11 is 5.11.